The maximum Gasteiger partial charge on any atom is 0.322 e. The summed E-state index contributed by atoms with van der Waals surface area (Å²) >= 11 is 0. The number of aliphatic carboxylic acids is 1. The Balaban J connectivity index is 1.80. The van der Waals surface area contributed by atoms with Crippen LogP contribution in [-0.2, 0) is 11.2 Å². The average Bonchev–Trinajstić information content (AvgIpc) is 2.70. The molecular formula is C20H17FN4O4. The van der Waals surface area contributed by atoms with Gasteiger partial charge in [-0.15, -0.1) is 0 Å². The van der Waals surface area contributed by atoms with E-state index >= 15 is 0 Å². The van der Waals surface area contributed by atoms with Crippen molar-refractivity contribution in [3.8, 4) is 17.0 Å². The molecule has 0 aliphatic rings. The van der Waals surface area contributed by atoms with E-state index in [1.807, 2.05) is 0 Å². The van der Waals surface area contributed by atoms with Gasteiger partial charge in [0.25, 0.3) is 5.91 Å². The van der Waals surface area contributed by atoms with Crippen molar-refractivity contribution in [3.63, 3.8) is 0 Å². The second-order valence-electron chi connectivity index (χ2n) is 6.23. The van der Waals surface area contributed by atoms with Gasteiger partial charge >= 0.3 is 5.97 Å². The lowest BCUT2D eigenvalue weighted by Gasteiger charge is -2.09. The molecule has 2 heterocycles. The Morgan fingerprint density at radius 1 is 1.10 bits per heavy atom. The number of aryl methyl sites for hydroxylation is 1. The highest BCUT2D eigenvalue weighted by Crippen LogP contribution is 2.21. The van der Waals surface area contributed by atoms with Crippen molar-refractivity contribution >= 4 is 11.9 Å². The van der Waals surface area contributed by atoms with Crippen LogP contribution in [0.25, 0.3) is 11.3 Å². The molecule has 148 valence electrons. The van der Waals surface area contributed by atoms with E-state index in [1.165, 1.54) is 19.1 Å². The quantitative estimate of drug-likeness (QED) is 0.582. The molecule has 3 N–H and O–H groups in total. The van der Waals surface area contributed by atoms with Gasteiger partial charge in [-0.2, -0.15) is 0 Å². The molecule has 0 saturated heterocycles. The van der Waals surface area contributed by atoms with Crippen molar-refractivity contribution in [1.29, 1.82) is 0 Å². The van der Waals surface area contributed by atoms with Crippen molar-refractivity contribution in [2.45, 2.75) is 13.3 Å². The molecule has 1 amide bonds. The standard InChI is InChI=1S/C20H17FN4O4/c1-11-19(28)18(20(29)23-10-17(26)27)25-16(24-11)8-12-2-7-15(22-9-12)13-3-5-14(21)6-4-13/h2-7,9,28H,8,10H2,1H3,(H,23,29)(H,26,27). The number of aromatic nitrogens is 3. The van der Waals surface area contributed by atoms with Crippen LogP contribution < -0.4 is 5.32 Å². The first kappa shape index (κ1) is 19.9. The van der Waals surface area contributed by atoms with Gasteiger partial charge in [-0.05, 0) is 42.8 Å². The molecular weight excluding hydrogens is 379 g/mol. The zero-order valence-electron chi connectivity index (χ0n) is 15.4. The number of pyridine rings is 1. The minimum atomic E-state index is -1.21. The van der Waals surface area contributed by atoms with E-state index < -0.39 is 24.2 Å². The smallest absolute Gasteiger partial charge is 0.322 e. The van der Waals surface area contributed by atoms with Gasteiger partial charge in [0.1, 0.15) is 18.2 Å². The number of carboxylic acid groups (broad SMARTS) is 1. The second kappa shape index (κ2) is 8.42. The number of hydrogen-bond donors (Lipinski definition) is 3. The van der Waals surface area contributed by atoms with Gasteiger partial charge in [-0.1, -0.05) is 6.07 Å². The number of halogens is 1. The number of nitrogens with zero attached hydrogens (tertiary/aromatic N) is 3. The number of benzene rings is 1. The highest BCUT2D eigenvalue weighted by atomic mass is 19.1. The first-order valence-electron chi connectivity index (χ1n) is 8.61. The van der Waals surface area contributed by atoms with Gasteiger partial charge in [0.05, 0.1) is 11.4 Å². The molecule has 0 radical (unpaired) electrons. The number of carboxylic acids is 1. The van der Waals surface area contributed by atoms with Crippen molar-refractivity contribution in [1.82, 2.24) is 20.3 Å². The molecule has 0 aliphatic heterocycles. The molecule has 2 aromatic heterocycles. The lowest BCUT2D eigenvalue weighted by atomic mass is 10.1. The molecule has 0 bridgehead atoms. The van der Waals surface area contributed by atoms with Crippen molar-refractivity contribution in [2.75, 3.05) is 6.54 Å². The Morgan fingerprint density at radius 2 is 1.83 bits per heavy atom. The van der Waals surface area contributed by atoms with Gasteiger partial charge in [0.15, 0.2) is 11.4 Å². The highest BCUT2D eigenvalue weighted by Gasteiger charge is 2.18. The molecule has 29 heavy (non-hydrogen) atoms. The van der Waals surface area contributed by atoms with Crippen LogP contribution in [0.5, 0.6) is 5.75 Å². The molecule has 1 aromatic carbocycles. The summed E-state index contributed by atoms with van der Waals surface area (Å²) in [6.07, 6.45) is 1.87. The lowest BCUT2D eigenvalue weighted by molar-refractivity contribution is -0.135. The molecule has 0 spiro atoms. The molecule has 3 rings (SSSR count). The third-order valence-corrected chi connectivity index (χ3v) is 4.05. The molecule has 8 nitrogen and oxygen atoms in total. The maximum absolute atomic E-state index is 13.0. The fraction of sp³-hybridized carbons (Fsp3) is 0.150. The van der Waals surface area contributed by atoms with E-state index in [2.05, 4.69) is 20.3 Å². The molecule has 9 heteroatoms. The van der Waals surface area contributed by atoms with Gasteiger partial charge in [0.2, 0.25) is 0 Å². The van der Waals surface area contributed by atoms with Gasteiger partial charge in [-0.3, -0.25) is 14.6 Å². The second-order valence-corrected chi connectivity index (χ2v) is 6.23. The third kappa shape index (κ3) is 4.89. The zero-order chi connectivity index (χ0) is 21.0. The minimum Gasteiger partial charge on any atom is -0.504 e. The monoisotopic (exact) mass is 396 g/mol. The van der Waals surface area contributed by atoms with Crippen LogP contribution in [0.3, 0.4) is 0 Å². The van der Waals surface area contributed by atoms with E-state index in [9.17, 15) is 19.1 Å². The number of carbonyl (C=O) groups excluding carboxylic acids is 1. The summed E-state index contributed by atoms with van der Waals surface area (Å²) in [5.41, 5.74) is 2.12. The number of hydrogen-bond acceptors (Lipinski definition) is 6. The molecule has 0 unspecified atom stereocenters. The molecule has 0 aliphatic carbocycles. The molecule has 0 saturated carbocycles. The molecule has 3 aromatic rings. The number of nitrogens with one attached hydrogen (secondary N) is 1. The van der Waals surface area contributed by atoms with E-state index in [1.54, 1.807) is 30.5 Å². The summed E-state index contributed by atoms with van der Waals surface area (Å²) in [5.74, 6) is -2.47. The SMILES string of the molecule is Cc1nc(Cc2ccc(-c3ccc(F)cc3)nc2)nc(C(=O)NCC(=O)O)c1O. The van der Waals surface area contributed by atoms with Crippen LogP contribution in [0.1, 0.15) is 27.6 Å². The van der Waals surface area contributed by atoms with E-state index in [0.29, 0.717) is 5.69 Å². The summed E-state index contributed by atoms with van der Waals surface area (Å²) in [6.45, 7) is 0.926. The van der Waals surface area contributed by atoms with Crippen LogP contribution in [0, 0.1) is 12.7 Å². The van der Waals surface area contributed by atoms with Crippen LogP contribution in [0.2, 0.25) is 0 Å². The average molecular weight is 396 g/mol. The van der Waals surface area contributed by atoms with E-state index in [4.69, 9.17) is 5.11 Å². The normalized spacial score (nSPS) is 10.6. The van der Waals surface area contributed by atoms with Crippen LogP contribution in [0.4, 0.5) is 4.39 Å². The summed E-state index contributed by atoms with van der Waals surface area (Å²) in [6, 6.07) is 9.55. The fourth-order valence-corrected chi connectivity index (χ4v) is 2.60. The number of carbonyl (C=O) groups is 2. The van der Waals surface area contributed by atoms with Crippen molar-refractivity contribution in [3.05, 3.63) is 71.2 Å². The first-order chi connectivity index (χ1) is 13.8. The molecule has 0 fully saturated rings. The summed E-state index contributed by atoms with van der Waals surface area (Å²) < 4.78 is 13.0. The highest BCUT2D eigenvalue weighted by molar-refractivity contribution is 5.96. The van der Waals surface area contributed by atoms with Crippen LogP contribution >= 0.6 is 0 Å². The number of aromatic hydroxyl groups is 1. The predicted molar refractivity (Wildman–Crippen MR) is 101 cm³/mol. The Labute approximate surface area is 165 Å². The fourth-order valence-electron chi connectivity index (χ4n) is 2.60. The Bertz CT molecular complexity index is 1050. The van der Waals surface area contributed by atoms with Crippen LogP contribution in [-0.4, -0.2) is 43.6 Å². The zero-order valence-corrected chi connectivity index (χ0v) is 15.4. The Morgan fingerprint density at radius 3 is 2.45 bits per heavy atom. The molecule has 0 atom stereocenters. The number of amides is 1. The third-order valence-electron chi connectivity index (χ3n) is 4.05. The van der Waals surface area contributed by atoms with Gasteiger partial charge in [-0.25, -0.2) is 14.4 Å². The predicted octanol–water partition coefficient (Wildman–Crippen LogP) is 2.10. The Hall–Kier alpha value is -3.88. The topological polar surface area (TPSA) is 125 Å². The minimum absolute atomic E-state index is 0.200. The van der Waals surface area contributed by atoms with Crippen molar-refractivity contribution < 1.29 is 24.2 Å². The maximum atomic E-state index is 13.0. The largest absolute Gasteiger partial charge is 0.504 e. The summed E-state index contributed by atoms with van der Waals surface area (Å²) in [4.78, 5) is 35.3. The van der Waals surface area contributed by atoms with E-state index in [0.717, 1.165) is 11.1 Å². The summed E-state index contributed by atoms with van der Waals surface area (Å²) in [7, 11) is 0. The number of rotatable bonds is 6. The Kier molecular flexibility index (Phi) is 5.77. The summed E-state index contributed by atoms with van der Waals surface area (Å²) in [5, 5.41) is 20.9. The van der Waals surface area contributed by atoms with Gasteiger partial charge < -0.3 is 15.5 Å². The first-order valence-corrected chi connectivity index (χ1v) is 8.61. The van der Waals surface area contributed by atoms with E-state index in [-0.39, 0.29) is 29.5 Å². The van der Waals surface area contributed by atoms with Crippen molar-refractivity contribution in [2.24, 2.45) is 0 Å². The lowest BCUT2D eigenvalue weighted by Crippen LogP contribution is -2.30. The van der Waals surface area contributed by atoms with Gasteiger partial charge in [0, 0.05) is 18.2 Å². The van der Waals surface area contributed by atoms with Crippen LogP contribution in [0.15, 0.2) is 42.6 Å².